The van der Waals surface area contributed by atoms with Crippen molar-refractivity contribution >= 4 is 5.69 Å². The van der Waals surface area contributed by atoms with Crippen LogP contribution in [0.2, 0.25) is 0 Å². The molecule has 0 spiro atoms. The van der Waals surface area contributed by atoms with Gasteiger partial charge in [-0.1, -0.05) is 32.8 Å². The van der Waals surface area contributed by atoms with Crippen molar-refractivity contribution in [3.05, 3.63) is 53.6 Å². The first-order chi connectivity index (χ1) is 12.5. The number of allylic oxidation sites excluding steroid dienone is 2. The van der Waals surface area contributed by atoms with Gasteiger partial charge in [0.15, 0.2) is 0 Å². The summed E-state index contributed by atoms with van der Waals surface area (Å²) in [6.45, 7) is 4.57. The highest BCUT2D eigenvalue weighted by atomic mass is 19.1. The molecule has 2 aliphatic carbocycles. The molecule has 1 fully saturated rings. The molecule has 0 amide bonds. The Balaban J connectivity index is 1.53. The average molecular weight is 356 g/mol. The predicted molar refractivity (Wildman–Crippen MR) is 103 cm³/mol. The van der Waals surface area contributed by atoms with Crippen LogP contribution in [0.5, 0.6) is 0 Å². The lowest BCUT2D eigenvalue weighted by Gasteiger charge is -2.41. The number of halogens is 1. The summed E-state index contributed by atoms with van der Waals surface area (Å²) in [5.41, 5.74) is 6.76. The molecule has 140 valence electrons. The molecule has 2 unspecified atom stereocenters. The number of benzene rings is 1. The van der Waals surface area contributed by atoms with Crippen molar-refractivity contribution in [1.82, 2.24) is 5.43 Å². The minimum atomic E-state index is -0.222. The Morgan fingerprint density at radius 3 is 2.65 bits per heavy atom. The minimum Gasteiger partial charge on any atom is -0.393 e. The summed E-state index contributed by atoms with van der Waals surface area (Å²) in [6, 6.07) is 6.57. The molecule has 1 aromatic carbocycles. The smallest absolute Gasteiger partial charge is 0.123 e. The molecule has 0 radical (unpaired) electrons. The zero-order valence-electron chi connectivity index (χ0n) is 15.7. The van der Waals surface area contributed by atoms with E-state index in [1.54, 1.807) is 12.1 Å². The normalized spacial score (nSPS) is 29.8. The number of rotatable bonds is 4. The second-order valence-corrected chi connectivity index (χ2v) is 8.60. The number of nitrogens with one attached hydrogen (secondary N) is 1. The van der Waals surface area contributed by atoms with Gasteiger partial charge in [-0.2, -0.15) is 0 Å². The number of hydrogen-bond donors (Lipinski definition) is 2. The van der Waals surface area contributed by atoms with Gasteiger partial charge in [0, 0.05) is 6.20 Å². The minimum absolute atomic E-state index is 0.0673. The molecule has 3 nitrogen and oxygen atoms in total. The monoisotopic (exact) mass is 356 g/mol. The number of aliphatic hydroxyl groups is 1. The molecule has 4 heteroatoms. The molecule has 0 bridgehead atoms. The maximum atomic E-state index is 13.2. The van der Waals surface area contributed by atoms with Crippen LogP contribution in [0.25, 0.3) is 0 Å². The third kappa shape index (κ3) is 3.16. The Labute approximate surface area is 155 Å². The first-order valence-electron chi connectivity index (χ1n) is 9.87. The van der Waals surface area contributed by atoms with Crippen LogP contribution in [0.3, 0.4) is 0 Å². The fourth-order valence-electron chi connectivity index (χ4n) is 4.84. The van der Waals surface area contributed by atoms with Crippen LogP contribution in [0.1, 0.15) is 52.4 Å². The molecule has 3 atom stereocenters. The summed E-state index contributed by atoms with van der Waals surface area (Å²) in [7, 11) is 0. The van der Waals surface area contributed by atoms with Crippen molar-refractivity contribution in [1.29, 1.82) is 0 Å². The summed E-state index contributed by atoms with van der Waals surface area (Å²) < 4.78 is 13.2. The van der Waals surface area contributed by atoms with E-state index >= 15 is 0 Å². The van der Waals surface area contributed by atoms with Crippen LogP contribution in [0.15, 0.2) is 47.8 Å². The number of hydrazine groups is 1. The van der Waals surface area contributed by atoms with Crippen molar-refractivity contribution in [3.63, 3.8) is 0 Å². The Morgan fingerprint density at radius 2 is 1.96 bits per heavy atom. The van der Waals surface area contributed by atoms with E-state index in [0.29, 0.717) is 11.8 Å². The lowest BCUT2D eigenvalue weighted by atomic mass is 9.65. The third-order valence-electron chi connectivity index (χ3n) is 6.74. The molecule has 2 N–H and O–H groups in total. The van der Waals surface area contributed by atoms with Crippen LogP contribution < -0.4 is 10.4 Å². The van der Waals surface area contributed by atoms with Crippen LogP contribution in [-0.4, -0.2) is 11.2 Å². The van der Waals surface area contributed by atoms with E-state index in [0.717, 1.165) is 24.2 Å². The molecular weight excluding hydrogens is 327 g/mol. The van der Waals surface area contributed by atoms with Gasteiger partial charge in [0.05, 0.1) is 17.5 Å². The third-order valence-corrected chi connectivity index (χ3v) is 6.74. The zero-order valence-corrected chi connectivity index (χ0v) is 15.7. The lowest BCUT2D eigenvalue weighted by Crippen LogP contribution is -2.37. The van der Waals surface area contributed by atoms with E-state index < -0.39 is 0 Å². The van der Waals surface area contributed by atoms with Crippen molar-refractivity contribution in [3.8, 4) is 0 Å². The topological polar surface area (TPSA) is 35.5 Å². The number of hydrogen-bond acceptors (Lipinski definition) is 3. The second-order valence-electron chi connectivity index (χ2n) is 8.60. The Morgan fingerprint density at radius 1 is 1.27 bits per heavy atom. The predicted octanol–water partition coefficient (Wildman–Crippen LogP) is 4.91. The Hall–Kier alpha value is -1.81. The van der Waals surface area contributed by atoms with Crippen LogP contribution in [-0.2, 0) is 0 Å². The summed E-state index contributed by atoms with van der Waals surface area (Å²) in [5.74, 6) is 0.630. The maximum Gasteiger partial charge on any atom is 0.123 e. The van der Waals surface area contributed by atoms with Gasteiger partial charge in [-0.15, -0.1) is 0 Å². The molecule has 1 saturated carbocycles. The molecule has 0 saturated heterocycles. The zero-order chi connectivity index (χ0) is 18.3. The highest BCUT2D eigenvalue weighted by molar-refractivity contribution is 5.60. The van der Waals surface area contributed by atoms with Gasteiger partial charge in [0.2, 0.25) is 0 Å². The molecule has 26 heavy (non-hydrogen) atoms. The second kappa shape index (κ2) is 6.73. The van der Waals surface area contributed by atoms with Gasteiger partial charge in [0.1, 0.15) is 5.82 Å². The van der Waals surface area contributed by atoms with Crippen molar-refractivity contribution in [2.45, 2.75) is 58.5 Å². The van der Waals surface area contributed by atoms with Gasteiger partial charge in [0.25, 0.3) is 0 Å². The summed E-state index contributed by atoms with van der Waals surface area (Å²) in [6.07, 6.45) is 10.9. The number of aliphatic hydroxyl groups excluding tert-OH is 1. The van der Waals surface area contributed by atoms with Gasteiger partial charge < -0.3 is 10.5 Å². The maximum absolute atomic E-state index is 13.2. The Kier molecular flexibility index (Phi) is 4.55. The first kappa shape index (κ1) is 17.6. The van der Waals surface area contributed by atoms with Gasteiger partial charge in [-0.05, 0) is 72.8 Å². The highest BCUT2D eigenvalue weighted by Gasteiger charge is 2.41. The van der Waals surface area contributed by atoms with E-state index in [4.69, 9.17) is 0 Å². The quantitative estimate of drug-likeness (QED) is 0.805. The molecular formula is C22H29FN2O. The first-order valence-corrected chi connectivity index (χ1v) is 9.87. The summed E-state index contributed by atoms with van der Waals surface area (Å²) >= 11 is 0. The van der Waals surface area contributed by atoms with E-state index in [9.17, 15) is 9.50 Å². The molecule has 0 aromatic heterocycles. The fraction of sp³-hybridized carbons (Fsp3) is 0.545. The van der Waals surface area contributed by atoms with Crippen LogP contribution in [0, 0.1) is 23.1 Å². The number of fused-ring (bicyclic) bond motifs is 1. The molecule has 1 heterocycles. The van der Waals surface area contributed by atoms with E-state index in [1.165, 1.54) is 43.4 Å². The van der Waals surface area contributed by atoms with Gasteiger partial charge >= 0.3 is 0 Å². The largest absolute Gasteiger partial charge is 0.393 e. The van der Waals surface area contributed by atoms with Crippen molar-refractivity contribution in [2.75, 3.05) is 5.01 Å². The summed E-state index contributed by atoms with van der Waals surface area (Å²) in [4.78, 5) is 0. The summed E-state index contributed by atoms with van der Waals surface area (Å²) in [5, 5.41) is 12.8. The molecule has 3 aliphatic rings. The van der Waals surface area contributed by atoms with Gasteiger partial charge in [-0.25, -0.2) is 4.39 Å². The number of anilines is 1. The molecule has 4 rings (SSSR count). The van der Waals surface area contributed by atoms with Crippen molar-refractivity contribution < 1.29 is 9.50 Å². The highest BCUT2D eigenvalue weighted by Crippen LogP contribution is 2.49. The molecule has 1 aliphatic heterocycles. The van der Waals surface area contributed by atoms with Gasteiger partial charge in [-0.3, -0.25) is 5.01 Å². The van der Waals surface area contributed by atoms with E-state index in [2.05, 4.69) is 31.5 Å². The number of nitrogens with zero attached hydrogens (tertiary/aromatic N) is 1. The standard InChI is InChI=1S/C22H29FN2O/c1-15-11-20-17(14-24-25(20)19-9-7-18(23)8-10-19)12-22(15,2)13-21(26)16-5-3-4-6-16/h7-11,14-16,21,24,26H,3-6,12-13H2,1-2H3/t15?,21?,22-/m1/s1. The Bertz CT molecular complexity index is 720. The SMILES string of the molecule is CC1C=C2C(=CNN2c2ccc(F)cc2)C[C@]1(C)CC(O)C1CCCC1. The van der Waals surface area contributed by atoms with Crippen LogP contribution >= 0.6 is 0 Å². The van der Waals surface area contributed by atoms with E-state index in [1.807, 2.05) is 5.01 Å². The van der Waals surface area contributed by atoms with Crippen molar-refractivity contribution in [2.24, 2.45) is 17.3 Å². The van der Waals surface area contributed by atoms with E-state index in [-0.39, 0.29) is 17.3 Å². The fourth-order valence-corrected chi connectivity index (χ4v) is 4.84. The lowest BCUT2D eigenvalue weighted by molar-refractivity contribution is 0.0419. The van der Waals surface area contributed by atoms with Crippen LogP contribution in [0.4, 0.5) is 10.1 Å². The molecule has 1 aromatic rings. The average Bonchev–Trinajstić information content (AvgIpc) is 3.26.